The van der Waals surface area contributed by atoms with Crippen LogP contribution in [0.15, 0.2) is 24.5 Å². The predicted molar refractivity (Wildman–Crippen MR) is 74.2 cm³/mol. The second kappa shape index (κ2) is 4.96. The summed E-state index contributed by atoms with van der Waals surface area (Å²) in [6.45, 7) is 0.0797. The molecule has 1 aliphatic rings. The van der Waals surface area contributed by atoms with E-state index in [-0.39, 0.29) is 18.4 Å². The van der Waals surface area contributed by atoms with Crippen molar-refractivity contribution in [2.24, 2.45) is 0 Å². The fraction of sp³-hybridized carbons (Fsp3) is 0.357. The fourth-order valence-corrected chi connectivity index (χ4v) is 2.08. The summed E-state index contributed by atoms with van der Waals surface area (Å²) in [6.07, 6.45) is 3.67. The Hall–Kier alpha value is -2.37. The molecule has 6 nitrogen and oxygen atoms in total. The van der Waals surface area contributed by atoms with E-state index in [2.05, 4.69) is 15.3 Å². The highest BCUT2D eigenvalue weighted by atomic mass is 16.2. The molecule has 1 aromatic heterocycles. The van der Waals surface area contributed by atoms with Crippen LogP contribution in [0.3, 0.4) is 0 Å². The van der Waals surface area contributed by atoms with Crippen LogP contribution in [0.25, 0.3) is 11.0 Å². The third kappa shape index (κ3) is 2.64. The van der Waals surface area contributed by atoms with E-state index in [1.165, 1.54) is 4.90 Å². The van der Waals surface area contributed by atoms with Gasteiger partial charge in [-0.3, -0.25) is 9.59 Å². The molecule has 0 unspecified atom stereocenters. The second-order valence-electron chi connectivity index (χ2n) is 5.14. The zero-order valence-electron chi connectivity index (χ0n) is 11.2. The van der Waals surface area contributed by atoms with Crippen molar-refractivity contribution in [3.05, 3.63) is 30.1 Å². The monoisotopic (exact) mass is 272 g/mol. The molecule has 3 rings (SSSR count). The number of hydrogen-bond acceptors (Lipinski definition) is 3. The Morgan fingerprint density at radius 2 is 2.25 bits per heavy atom. The van der Waals surface area contributed by atoms with Crippen LogP contribution >= 0.6 is 0 Å². The van der Waals surface area contributed by atoms with Gasteiger partial charge in [-0.1, -0.05) is 0 Å². The molecule has 20 heavy (non-hydrogen) atoms. The van der Waals surface area contributed by atoms with Crippen molar-refractivity contribution in [2.75, 3.05) is 13.6 Å². The summed E-state index contributed by atoms with van der Waals surface area (Å²) in [6, 6.07) is 5.57. The minimum atomic E-state index is -0.174. The number of aromatic nitrogens is 2. The topological polar surface area (TPSA) is 78.1 Å². The average Bonchev–Trinajstić information content (AvgIpc) is 3.11. The maximum absolute atomic E-state index is 12.3. The van der Waals surface area contributed by atoms with Crippen LogP contribution in [0, 0.1) is 0 Å². The molecule has 1 heterocycles. The van der Waals surface area contributed by atoms with Crippen LogP contribution in [0.5, 0.6) is 0 Å². The van der Waals surface area contributed by atoms with Crippen LogP contribution in [0.1, 0.15) is 23.2 Å². The van der Waals surface area contributed by atoms with Gasteiger partial charge in [-0.25, -0.2) is 4.98 Å². The Labute approximate surface area is 116 Å². The van der Waals surface area contributed by atoms with Gasteiger partial charge in [-0.2, -0.15) is 0 Å². The van der Waals surface area contributed by atoms with Crippen LogP contribution in [-0.2, 0) is 4.79 Å². The van der Waals surface area contributed by atoms with E-state index in [1.807, 2.05) is 0 Å². The predicted octanol–water partition coefficient (Wildman–Crippen LogP) is 0.913. The first-order valence-corrected chi connectivity index (χ1v) is 6.61. The van der Waals surface area contributed by atoms with Gasteiger partial charge in [-0.05, 0) is 31.0 Å². The molecule has 0 radical (unpaired) electrons. The van der Waals surface area contributed by atoms with Crippen molar-refractivity contribution in [1.82, 2.24) is 20.2 Å². The normalized spacial score (nSPS) is 14.2. The molecule has 2 aromatic rings. The van der Waals surface area contributed by atoms with Gasteiger partial charge in [0.2, 0.25) is 5.91 Å². The van der Waals surface area contributed by atoms with Gasteiger partial charge in [0, 0.05) is 18.7 Å². The number of aromatic amines is 1. The van der Waals surface area contributed by atoms with E-state index in [0.717, 1.165) is 23.9 Å². The Bertz CT molecular complexity index is 660. The van der Waals surface area contributed by atoms with Gasteiger partial charge in [0.05, 0.1) is 23.9 Å². The van der Waals surface area contributed by atoms with Crippen molar-refractivity contribution >= 4 is 22.8 Å². The van der Waals surface area contributed by atoms with E-state index < -0.39 is 0 Å². The third-order valence-corrected chi connectivity index (χ3v) is 3.34. The number of rotatable bonds is 4. The number of hydrogen-bond donors (Lipinski definition) is 2. The largest absolute Gasteiger partial charge is 0.352 e. The second-order valence-corrected chi connectivity index (χ2v) is 5.14. The molecule has 0 aliphatic heterocycles. The quantitative estimate of drug-likeness (QED) is 0.868. The fourth-order valence-electron chi connectivity index (χ4n) is 2.08. The number of nitrogens with one attached hydrogen (secondary N) is 2. The first-order valence-electron chi connectivity index (χ1n) is 6.61. The maximum atomic E-state index is 12.3. The molecule has 0 bridgehead atoms. The van der Waals surface area contributed by atoms with Crippen molar-refractivity contribution < 1.29 is 9.59 Å². The Morgan fingerprint density at radius 1 is 1.45 bits per heavy atom. The highest BCUT2D eigenvalue weighted by molar-refractivity contribution is 5.98. The Balaban J connectivity index is 1.68. The minimum Gasteiger partial charge on any atom is -0.352 e. The highest BCUT2D eigenvalue weighted by Gasteiger charge is 2.24. The molecular formula is C14H16N4O2. The average molecular weight is 272 g/mol. The molecule has 2 N–H and O–H groups in total. The zero-order chi connectivity index (χ0) is 14.1. The van der Waals surface area contributed by atoms with Gasteiger partial charge < -0.3 is 15.2 Å². The van der Waals surface area contributed by atoms with Gasteiger partial charge in [0.25, 0.3) is 5.91 Å². The molecule has 2 amide bonds. The van der Waals surface area contributed by atoms with E-state index in [1.54, 1.807) is 31.6 Å². The Kier molecular flexibility index (Phi) is 3.14. The number of amides is 2. The Morgan fingerprint density at radius 3 is 3.00 bits per heavy atom. The first-order chi connectivity index (χ1) is 9.63. The number of H-pyrrole nitrogens is 1. The molecule has 1 aromatic carbocycles. The van der Waals surface area contributed by atoms with Crippen LogP contribution in [-0.4, -0.2) is 46.3 Å². The van der Waals surface area contributed by atoms with Gasteiger partial charge in [-0.15, -0.1) is 0 Å². The summed E-state index contributed by atoms with van der Waals surface area (Å²) < 4.78 is 0. The van der Waals surface area contributed by atoms with Crippen molar-refractivity contribution in [3.8, 4) is 0 Å². The van der Waals surface area contributed by atoms with Crippen LogP contribution < -0.4 is 5.32 Å². The summed E-state index contributed by atoms with van der Waals surface area (Å²) in [5.41, 5.74) is 2.17. The summed E-state index contributed by atoms with van der Waals surface area (Å²) in [7, 11) is 1.63. The zero-order valence-corrected chi connectivity index (χ0v) is 11.2. The number of likely N-dealkylation sites (N-methyl/N-ethyl adjacent to an activating group) is 1. The molecule has 1 aliphatic carbocycles. The van der Waals surface area contributed by atoms with Crippen LogP contribution in [0.4, 0.5) is 0 Å². The van der Waals surface area contributed by atoms with E-state index in [0.29, 0.717) is 11.6 Å². The maximum Gasteiger partial charge on any atom is 0.254 e. The van der Waals surface area contributed by atoms with Crippen LogP contribution in [0.2, 0.25) is 0 Å². The lowest BCUT2D eigenvalue weighted by molar-refractivity contribution is -0.121. The number of carbonyl (C=O) groups excluding carboxylic acids is 2. The number of carbonyl (C=O) groups is 2. The molecule has 0 saturated heterocycles. The van der Waals surface area contributed by atoms with Crippen molar-refractivity contribution in [3.63, 3.8) is 0 Å². The number of nitrogens with zero attached hydrogens (tertiary/aromatic N) is 2. The van der Waals surface area contributed by atoms with E-state index >= 15 is 0 Å². The molecular weight excluding hydrogens is 256 g/mol. The molecule has 0 spiro atoms. The summed E-state index contributed by atoms with van der Waals surface area (Å²) in [5.74, 6) is -0.279. The van der Waals surface area contributed by atoms with Crippen molar-refractivity contribution in [1.29, 1.82) is 0 Å². The smallest absolute Gasteiger partial charge is 0.254 e. The lowest BCUT2D eigenvalue weighted by Gasteiger charge is -2.16. The van der Waals surface area contributed by atoms with E-state index in [4.69, 9.17) is 0 Å². The van der Waals surface area contributed by atoms with Gasteiger partial charge in [0.1, 0.15) is 0 Å². The highest BCUT2D eigenvalue weighted by Crippen LogP contribution is 2.18. The summed E-state index contributed by atoms with van der Waals surface area (Å²) in [4.78, 5) is 32.4. The standard InChI is InChI=1S/C14H16N4O2/c1-18(7-13(19)17-10-3-4-10)14(20)9-2-5-11-12(6-9)16-8-15-11/h2,5-6,8,10H,3-4,7H2,1H3,(H,15,16)(H,17,19). The van der Waals surface area contributed by atoms with E-state index in [9.17, 15) is 9.59 Å². The molecule has 6 heteroatoms. The number of fused-ring (bicyclic) bond motifs is 1. The summed E-state index contributed by atoms with van der Waals surface area (Å²) in [5, 5.41) is 2.87. The SMILES string of the molecule is CN(CC(=O)NC1CC1)C(=O)c1ccc2nc[nH]c2c1. The number of benzene rings is 1. The minimum absolute atomic E-state index is 0.0797. The lowest BCUT2D eigenvalue weighted by Crippen LogP contribution is -2.39. The number of imidazole rings is 1. The van der Waals surface area contributed by atoms with Gasteiger partial charge in [0.15, 0.2) is 0 Å². The van der Waals surface area contributed by atoms with Crippen molar-refractivity contribution in [2.45, 2.75) is 18.9 Å². The molecule has 1 saturated carbocycles. The first kappa shape index (κ1) is 12.7. The summed E-state index contributed by atoms with van der Waals surface area (Å²) >= 11 is 0. The lowest BCUT2D eigenvalue weighted by atomic mass is 10.2. The third-order valence-electron chi connectivity index (χ3n) is 3.34. The van der Waals surface area contributed by atoms with Gasteiger partial charge >= 0.3 is 0 Å². The molecule has 0 atom stereocenters. The molecule has 1 fully saturated rings. The molecule has 104 valence electrons.